The van der Waals surface area contributed by atoms with Crippen LogP contribution >= 0.6 is 0 Å². The van der Waals surface area contributed by atoms with Crippen molar-refractivity contribution < 1.29 is 29.1 Å². The van der Waals surface area contributed by atoms with Crippen LogP contribution in [0.5, 0.6) is 11.5 Å². The van der Waals surface area contributed by atoms with Crippen molar-refractivity contribution in [2.45, 2.75) is 20.5 Å². The zero-order valence-corrected chi connectivity index (χ0v) is 15.9. The molecule has 0 aromatic heterocycles. The molecule has 0 aliphatic carbocycles. The van der Waals surface area contributed by atoms with E-state index in [-0.39, 0.29) is 18.0 Å². The summed E-state index contributed by atoms with van der Waals surface area (Å²) in [5, 5.41) is 22.3. The largest absolute Gasteiger partial charge is 0.490 e. The maximum Gasteiger partial charge on any atom is 0.352 e. The van der Waals surface area contributed by atoms with Gasteiger partial charge in [0.1, 0.15) is 12.3 Å². The van der Waals surface area contributed by atoms with Gasteiger partial charge in [0.05, 0.1) is 11.5 Å². The Kier molecular flexibility index (Phi) is 7.30. The molecule has 0 fully saturated rings. The van der Waals surface area contributed by atoms with Gasteiger partial charge >= 0.3 is 5.97 Å². The van der Waals surface area contributed by atoms with Gasteiger partial charge in [0.25, 0.3) is 5.69 Å². The van der Waals surface area contributed by atoms with Gasteiger partial charge in [-0.2, -0.15) is 0 Å². The third-order valence-corrected chi connectivity index (χ3v) is 3.64. The van der Waals surface area contributed by atoms with Crippen LogP contribution in [0.3, 0.4) is 0 Å². The van der Waals surface area contributed by atoms with Crippen LogP contribution in [0, 0.1) is 10.1 Å². The monoisotopic (exact) mass is 400 g/mol. The molecule has 2 aromatic rings. The van der Waals surface area contributed by atoms with E-state index < -0.39 is 16.8 Å². The highest BCUT2D eigenvalue weighted by Gasteiger charge is 2.12. The van der Waals surface area contributed by atoms with E-state index in [1.807, 2.05) is 0 Å². The van der Waals surface area contributed by atoms with E-state index in [1.165, 1.54) is 25.1 Å². The summed E-state index contributed by atoms with van der Waals surface area (Å²) in [4.78, 5) is 32.8. The van der Waals surface area contributed by atoms with Crippen LogP contribution in [0.25, 0.3) is 6.08 Å². The van der Waals surface area contributed by atoms with Gasteiger partial charge in [-0.3, -0.25) is 14.9 Å². The van der Waals surface area contributed by atoms with E-state index in [2.05, 4.69) is 5.32 Å². The number of ether oxygens (including phenoxy) is 2. The summed E-state index contributed by atoms with van der Waals surface area (Å²) in [7, 11) is 0. The first-order valence-corrected chi connectivity index (χ1v) is 8.65. The fourth-order valence-corrected chi connectivity index (χ4v) is 2.43. The quantitative estimate of drug-likeness (QED) is 0.376. The maximum atomic E-state index is 11.3. The number of carboxylic acids is 1. The number of carbonyl (C=O) groups is 2. The number of benzene rings is 2. The molecule has 0 aliphatic heterocycles. The minimum Gasteiger partial charge on any atom is -0.490 e. The summed E-state index contributed by atoms with van der Waals surface area (Å²) in [6, 6.07) is 10.9. The smallest absolute Gasteiger partial charge is 0.352 e. The zero-order chi connectivity index (χ0) is 21.4. The number of aliphatic carboxylic acids is 1. The molecule has 2 aromatic carbocycles. The van der Waals surface area contributed by atoms with Gasteiger partial charge in [-0.15, -0.1) is 0 Å². The second kappa shape index (κ2) is 9.88. The molecule has 0 heterocycles. The SMILES string of the molecule is CCOc1cc(C=C(NC(C)=O)C(=O)O)ccc1OCc1cccc([N+](=O)[O-])c1. The van der Waals surface area contributed by atoms with Crippen molar-refractivity contribution in [3.8, 4) is 11.5 Å². The molecule has 2 N–H and O–H groups in total. The number of carboxylic acid groups (broad SMARTS) is 1. The third-order valence-electron chi connectivity index (χ3n) is 3.64. The number of nitrogens with one attached hydrogen (secondary N) is 1. The minimum absolute atomic E-state index is 0.0317. The number of non-ortho nitro benzene ring substituents is 1. The molecule has 0 saturated heterocycles. The van der Waals surface area contributed by atoms with E-state index in [9.17, 15) is 24.8 Å². The Balaban J connectivity index is 2.25. The van der Waals surface area contributed by atoms with E-state index >= 15 is 0 Å². The van der Waals surface area contributed by atoms with Gasteiger partial charge in [-0.05, 0) is 36.3 Å². The molecule has 0 saturated carbocycles. The Morgan fingerprint density at radius 2 is 1.93 bits per heavy atom. The van der Waals surface area contributed by atoms with E-state index in [4.69, 9.17) is 9.47 Å². The van der Waals surface area contributed by atoms with Gasteiger partial charge in [0, 0.05) is 19.1 Å². The Hall–Kier alpha value is -3.88. The lowest BCUT2D eigenvalue weighted by atomic mass is 10.1. The number of carbonyl (C=O) groups excluding carboxylic acids is 1. The molecular weight excluding hydrogens is 380 g/mol. The number of hydrogen-bond donors (Lipinski definition) is 2. The van der Waals surface area contributed by atoms with Crippen LogP contribution in [0.1, 0.15) is 25.0 Å². The lowest BCUT2D eigenvalue weighted by Crippen LogP contribution is -2.24. The van der Waals surface area contributed by atoms with Crippen molar-refractivity contribution in [1.29, 1.82) is 0 Å². The normalized spacial score (nSPS) is 10.9. The highest BCUT2D eigenvalue weighted by Crippen LogP contribution is 2.30. The van der Waals surface area contributed by atoms with Gasteiger partial charge in [0.15, 0.2) is 11.5 Å². The van der Waals surface area contributed by atoms with Crippen LogP contribution in [-0.4, -0.2) is 28.5 Å². The second-order valence-corrected chi connectivity index (χ2v) is 5.90. The molecule has 0 atom stereocenters. The molecule has 0 bridgehead atoms. The molecule has 152 valence electrons. The molecule has 9 heteroatoms. The van der Waals surface area contributed by atoms with Crippen molar-refractivity contribution in [2.24, 2.45) is 0 Å². The summed E-state index contributed by atoms with van der Waals surface area (Å²) < 4.78 is 11.3. The second-order valence-electron chi connectivity index (χ2n) is 5.90. The third kappa shape index (κ3) is 6.35. The molecule has 2 rings (SSSR count). The summed E-state index contributed by atoms with van der Waals surface area (Å²) in [6.07, 6.45) is 1.30. The van der Waals surface area contributed by atoms with Gasteiger partial charge < -0.3 is 19.9 Å². The van der Waals surface area contributed by atoms with Crippen molar-refractivity contribution in [2.75, 3.05) is 6.61 Å². The number of hydrogen-bond acceptors (Lipinski definition) is 6. The van der Waals surface area contributed by atoms with Crippen LogP contribution in [0.15, 0.2) is 48.2 Å². The van der Waals surface area contributed by atoms with Crippen molar-refractivity contribution in [1.82, 2.24) is 5.32 Å². The Morgan fingerprint density at radius 3 is 2.55 bits per heavy atom. The Bertz CT molecular complexity index is 954. The van der Waals surface area contributed by atoms with Crippen LogP contribution < -0.4 is 14.8 Å². The van der Waals surface area contributed by atoms with Crippen LogP contribution in [0.2, 0.25) is 0 Å². The minimum atomic E-state index is -1.27. The maximum absolute atomic E-state index is 11.3. The lowest BCUT2D eigenvalue weighted by molar-refractivity contribution is -0.384. The van der Waals surface area contributed by atoms with Crippen molar-refractivity contribution >= 4 is 23.6 Å². The van der Waals surface area contributed by atoms with E-state index in [0.29, 0.717) is 29.2 Å². The average molecular weight is 400 g/mol. The predicted molar refractivity (Wildman–Crippen MR) is 104 cm³/mol. The topological polar surface area (TPSA) is 128 Å². The van der Waals surface area contributed by atoms with Gasteiger partial charge in [-0.1, -0.05) is 18.2 Å². The molecule has 9 nitrogen and oxygen atoms in total. The number of rotatable bonds is 9. The number of amides is 1. The molecular formula is C20H20N2O7. The van der Waals surface area contributed by atoms with E-state index in [1.54, 1.807) is 37.3 Å². The molecule has 29 heavy (non-hydrogen) atoms. The summed E-state index contributed by atoms with van der Waals surface area (Å²) in [5.41, 5.74) is 0.799. The van der Waals surface area contributed by atoms with Crippen LogP contribution in [0.4, 0.5) is 5.69 Å². The van der Waals surface area contributed by atoms with Crippen molar-refractivity contribution in [3.05, 3.63) is 69.4 Å². The highest BCUT2D eigenvalue weighted by molar-refractivity contribution is 5.96. The summed E-state index contributed by atoms with van der Waals surface area (Å²) >= 11 is 0. The number of nitro benzene ring substituents is 1. The highest BCUT2D eigenvalue weighted by atomic mass is 16.6. The first-order chi connectivity index (χ1) is 13.8. The standard InChI is InChI=1S/C20H20N2O7/c1-3-28-19-11-14(10-17(20(24)25)21-13(2)23)7-8-18(19)29-12-15-5-4-6-16(9-15)22(26)27/h4-11H,3,12H2,1-2H3,(H,21,23)(H,24,25). The number of nitro groups is 1. The zero-order valence-electron chi connectivity index (χ0n) is 15.9. The predicted octanol–water partition coefficient (Wildman–Crippen LogP) is 3.13. The van der Waals surface area contributed by atoms with Crippen molar-refractivity contribution in [3.63, 3.8) is 0 Å². The summed E-state index contributed by atoms with van der Waals surface area (Å²) in [6.45, 7) is 3.43. The van der Waals surface area contributed by atoms with Gasteiger partial charge in [0.2, 0.25) is 5.91 Å². The first kappa shape index (κ1) is 21.4. The molecule has 0 radical (unpaired) electrons. The summed E-state index contributed by atoms with van der Waals surface area (Å²) in [5.74, 6) is -1.00. The Labute approximate surface area is 166 Å². The number of nitrogens with zero attached hydrogens (tertiary/aromatic N) is 1. The van der Waals surface area contributed by atoms with E-state index in [0.717, 1.165) is 0 Å². The lowest BCUT2D eigenvalue weighted by Gasteiger charge is -2.13. The van der Waals surface area contributed by atoms with Gasteiger partial charge in [-0.25, -0.2) is 4.79 Å². The molecule has 0 spiro atoms. The average Bonchev–Trinajstić information content (AvgIpc) is 2.67. The molecule has 1 amide bonds. The molecule has 0 unspecified atom stereocenters. The fraction of sp³-hybridized carbons (Fsp3) is 0.200. The Morgan fingerprint density at radius 1 is 1.17 bits per heavy atom. The fourth-order valence-electron chi connectivity index (χ4n) is 2.43. The molecule has 0 aliphatic rings. The first-order valence-electron chi connectivity index (χ1n) is 8.65. The van der Waals surface area contributed by atoms with Crippen LogP contribution in [-0.2, 0) is 16.2 Å².